The van der Waals surface area contributed by atoms with Crippen molar-refractivity contribution >= 4 is 53.2 Å². The molecule has 2 aromatic heterocycles. The summed E-state index contributed by atoms with van der Waals surface area (Å²) in [5.74, 6) is 0.749. The summed E-state index contributed by atoms with van der Waals surface area (Å²) < 4.78 is 2.36. The van der Waals surface area contributed by atoms with Gasteiger partial charge >= 0.3 is 0 Å². The van der Waals surface area contributed by atoms with Crippen molar-refractivity contribution in [2.24, 2.45) is 0 Å². The SMILES string of the molecule is c1ccc(-c2cccc(-c3cccc(-c4nc(-c5cccc6ccccc56)nc5c4sc4c6ccccc6ccc54)c3)c2)cc1. The molecule has 3 heteroatoms. The second-order valence-corrected chi connectivity index (χ2v) is 12.4. The summed E-state index contributed by atoms with van der Waals surface area (Å²) >= 11 is 1.80. The molecule has 2 nitrogen and oxygen atoms in total. The monoisotopic (exact) mass is 590 g/mol. The molecular weight excluding hydrogens is 565 g/mol. The molecular formula is C42H26N2S. The van der Waals surface area contributed by atoms with Crippen LogP contribution in [-0.2, 0) is 0 Å². The summed E-state index contributed by atoms with van der Waals surface area (Å²) in [6.45, 7) is 0. The van der Waals surface area contributed by atoms with Gasteiger partial charge in [0, 0.05) is 21.2 Å². The van der Waals surface area contributed by atoms with E-state index < -0.39 is 0 Å². The molecule has 2 heterocycles. The Hall–Kier alpha value is -5.64. The van der Waals surface area contributed by atoms with Crippen molar-refractivity contribution in [3.63, 3.8) is 0 Å². The van der Waals surface area contributed by atoms with E-state index in [0.29, 0.717) is 0 Å². The van der Waals surface area contributed by atoms with Crippen LogP contribution in [0.2, 0.25) is 0 Å². The van der Waals surface area contributed by atoms with Crippen molar-refractivity contribution in [2.75, 3.05) is 0 Å². The first kappa shape index (κ1) is 25.8. The molecule has 0 aliphatic carbocycles. The molecule has 0 aliphatic heterocycles. The molecule has 0 spiro atoms. The first-order valence-corrected chi connectivity index (χ1v) is 16.0. The molecule has 9 rings (SSSR count). The summed E-state index contributed by atoms with van der Waals surface area (Å²) in [7, 11) is 0. The van der Waals surface area contributed by atoms with E-state index in [0.717, 1.165) is 43.8 Å². The van der Waals surface area contributed by atoms with Gasteiger partial charge in [-0.2, -0.15) is 0 Å². The average molecular weight is 591 g/mol. The van der Waals surface area contributed by atoms with Gasteiger partial charge in [-0.25, -0.2) is 9.97 Å². The quantitative estimate of drug-likeness (QED) is 0.204. The molecule has 0 aliphatic rings. The Balaban J connectivity index is 1.29. The van der Waals surface area contributed by atoms with E-state index in [4.69, 9.17) is 9.97 Å². The van der Waals surface area contributed by atoms with Gasteiger partial charge in [0.25, 0.3) is 0 Å². The predicted molar refractivity (Wildman–Crippen MR) is 192 cm³/mol. The van der Waals surface area contributed by atoms with Crippen LogP contribution in [0.1, 0.15) is 0 Å². The highest BCUT2D eigenvalue weighted by Gasteiger charge is 2.19. The number of hydrogen-bond acceptors (Lipinski definition) is 3. The minimum absolute atomic E-state index is 0.749. The molecule has 0 N–H and O–H groups in total. The van der Waals surface area contributed by atoms with Crippen LogP contribution in [0.4, 0.5) is 0 Å². The zero-order valence-electron chi connectivity index (χ0n) is 24.3. The molecule has 9 aromatic rings. The highest BCUT2D eigenvalue weighted by molar-refractivity contribution is 7.27. The Morgan fingerprint density at radius 1 is 0.378 bits per heavy atom. The van der Waals surface area contributed by atoms with Crippen molar-refractivity contribution in [1.29, 1.82) is 0 Å². The summed E-state index contributed by atoms with van der Waals surface area (Å²) in [5.41, 5.74) is 8.86. The predicted octanol–water partition coefficient (Wildman–Crippen LogP) is 11.8. The molecule has 45 heavy (non-hydrogen) atoms. The molecule has 0 saturated heterocycles. The third kappa shape index (κ3) is 4.40. The standard InChI is InChI=1S/C42H26N2S/c1-2-11-27(12-3-1)30-16-8-17-31(25-30)32-18-9-19-33(26-32)38-41-39(37-24-23-29-14-5-7-21-35(29)40(37)45-41)44-42(43-38)36-22-10-15-28-13-4-6-20-34(28)36/h1-26H. The fourth-order valence-corrected chi connectivity index (χ4v) is 7.75. The lowest BCUT2D eigenvalue weighted by Crippen LogP contribution is -1.94. The van der Waals surface area contributed by atoms with Gasteiger partial charge in [0.05, 0.1) is 15.9 Å². The van der Waals surface area contributed by atoms with Crippen LogP contribution in [0.5, 0.6) is 0 Å². The third-order valence-corrected chi connectivity index (χ3v) is 9.91. The zero-order valence-corrected chi connectivity index (χ0v) is 25.1. The summed E-state index contributed by atoms with van der Waals surface area (Å²) in [6, 6.07) is 56.1. The second kappa shape index (κ2) is 10.5. The minimum Gasteiger partial charge on any atom is -0.226 e. The van der Waals surface area contributed by atoms with Crippen LogP contribution >= 0.6 is 11.3 Å². The number of rotatable bonds is 4. The maximum absolute atomic E-state index is 5.37. The van der Waals surface area contributed by atoms with Crippen LogP contribution in [0.3, 0.4) is 0 Å². The van der Waals surface area contributed by atoms with Crippen molar-refractivity contribution in [3.8, 4) is 44.9 Å². The summed E-state index contributed by atoms with van der Waals surface area (Å²) in [5, 5.41) is 6.00. The van der Waals surface area contributed by atoms with Gasteiger partial charge in [-0.1, -0.05) is 146 Å². The van der Waals surface area contributed by atoms with Gasteiger partial charge in [-0.15, -0.1) is 11.3 Å². The Morgan fingerprint density at radius 2 is 0.956 bits per heavy atom. The number of thiophene rings is 1. The Bertz CT molecular complexity index is 2540. The van der Waals surface area contributed by atoms with E-state index in [1.54, 1.807) is 11.3 Å². The smallest absolute Gasteiger partial charge is 0.161 e. The molecule has 0 atom stereocenters. The largest absolute Gasteiger partial charge is 0.226 e. The Morgan fingerprint density at radius 3 is 1.76 bits per heavy atom. The van der Waals surface area contributed by atoms with Crippen LogP contribution in [0, 0.1) is 0 Å². The van der Waals surface area contributed by atoms with Crippen molar-refractivity contribution in [2.45, 2.75) is 0 Å². The van der Waals surface area contributed by atoms with E-state index in [1.807, 2.05) is 0 Å². The lowest BCUT2D eigenvalue weighted by atomic mass is 9.97. The van der Waals surface area contributed by atoms with Gasteiger partial charge in [-0.05, 0) is 55.9 Å². The molecule has 0 amide bonds. The molecule has 0 radical (unpaired) electrons. The third-order valence-electron chi connectivity index (χ3n) is 8.67. The number of fused-ring (bicyclic) bond motifs is 6. The molecule has 7 aromatic carbocycles. The maximum Gasteiger partial charge on any atom is 0.161 e. The number of benzene rings is 7. The second-order valence-electron chi connectivity index (χ2n) is 11.4. The zero-order chi connectivity index (χ0) is 29.7. The maximum atomic E-state index is 5.37. The lowest BCUT2D eigenvalue weighted by molar-refractivity contribution is 1.24. The molecule has 0 unspecified atom stereocenters. The number of nitrogens with zero attached hydrogens (tertiary/aromatic N) is 2. The van der Waals surface area contributed by atoms with Crippen molar-refractivity contribution in [1.82, 2.24) is 9.97 Å². The topological polar surface area (TPSA) is 25.8 Å². The number of hydrogen-bond donors (Lipinski definition) is 0. The fraction of sp³-hybridized carbons (Fsp3) is 0. The Labute approximate surface area is 264 Å². The van der Waals surface area contributed by atoms with Crippen LogP contribution in [-0.4, -0.2) is 9.97 Å². The summed E-state index contributed by atoms with van der Waals surface area (Å²) in [6.07, 6.45) is 0. The highest BCUT2D eigenvalue weighted by atomic mass is 32.1. The van der Waals surface area contributed by atoms with E-state index in [1.165, 1.54) is 42.9 Å². The van der Waals surface area contributed by atoms with Gasteiger partial charge in [-0.3, -0.25) is 0 Å². The molecule has 0 fully saturated rings. The van der Waals surface area contributed by atoms with E-state index in [9.17, 15) is 0 Å². The number of aromatic nitrogens is 2. The summed E-state index contributed by atoms with van der Waals surface area (Å²) in [4.78, 5) is 10.7. The van der Waals surface area contributed by atoms with Crippen molar-refractivity contribution in [3.05, 3.63) is 158 Å². The van der Waals surface area contributed by atoms with Crippen LogP contribution in [0.15, 0.2) is 158 Å². The lowest BCUT2D eigenvalue weighted by Gasteiger charge is -2.11. The van der Waals surface area contributed by atoms with Gasteiger partial charge in [0.2, 0.25) is 0 Å². The van der Waals surface area contributed by atoms with Gasteiger partial charge in [0.1, 0.15) is 0 Å². The van der Waals surface area contributed by atoms with E-state index in [2.05, 4.69) is 158 Å². The average Bonchev–Trinajstić information content (AvgIpc) is 3.51. The molecule has 210 valence electrons. The van der Waals surface area contributed by atoms with Crippen molar-refractivity contribution < 1.29 is 0 Å². The first-order chi connectivity index (χ1) is 22.3. The van der Waals surface area contributed by atoms with Crippen LogP contribution < -0.4 is 0 Å². The first-order valence-electron chi connectivity index (χ1n) is 15.2. The normalized spacial score (nSPS) is 11.6. The van der Waals surface area contributed by atoms with Gasteiger partial charge in [0.15, 0.2) is 5.82 Å². The molecule has 0 bridgehead atoms. The minimum atomic E-state index is 0.749. The molecule has 0 saturated carbocycles. The van der Waals surface area contributed by atoms with Gasteiger partial charge < -0.3 is 0 Å². The Kier molecular flexibility index (Phi) is 6.03. The highest BCUT2D eigenvalue weighted by Crippen LogP contribution is 2.43. The fourth-order valence-electron chi connectivity index (χ4n) is 6.46. The van der Waals surface area contributed by atoms with E-state index >= 15 is 0 Å². The van der Waals surface area contributed by atoms with Crippen LogP contribution in [0.25, 0.3) is 86.7 Å². The van der Waals surface area contributed by atoms with E-state index in [-0.39, 0.29) is 0 Å².